The third-order valence-corrected chi connectivity index (χ3v) is 8.05. The largest absolute Gasteiger partial charge is 0.493 e. The Labute approximate surface area is 187 Å². The van der Waals surface area contributed by atoms with E-state index in [1.807, 2.05) is 19.1 Å². The molecule has 1 amide bonds. The first-order chi connectivity index (χ1) is 14.4. The summed E-state index contributed by atoms with van der Waals surface area (Å²) in [7, 11) is -3.51. The molecule has 1 fully saturated rings. The maximum absolute atomic E-state index is 12.7. The molecule has 0 unspecified atom stereocenters. The minimum atomic E-state index is -3.51. The quantitative estimate of drug-likeness (QED) is 0.555. The molecule has 0 N–H and O–H groups in total. The number of benzene rings is 2. The molecule has 2 aromatic carbocycles. The van der Waals surface area contributed by atoms with Crippen molar-refractivity contribution in [1.29, 1.82) is 0 Å². The number of nitrogens with zero attached hydrogens (tertiary/aromatic N) is 2. The fourth-order valence-electron chi connectivity index (χ4n) is 3.16. The Balaban J connectivity index is 1.43. The summed E-state index contributed by atoms with van der Waals surface area (Å²) >= 11 is 7.46. The molecule has 1 aliphatic rings. The van der Waals surface area contributed by atoms with Crippen LogP contribution in [0.3, 0.4) is 0 Å². The van der Waals surface area contributed by atoms with Gasteiger partial charge in [-0.3, -0.25) is 4.79 Å². The molecule has 3 rings (SSSR count). The maximum atomic E-state index is 12.7. The van der Waals surface area contributed by atoms with Crippen molar-refractivity contribution in [3.63, 3.8) is 0 Å². The van der Waals surface area contributed by atoms with Crippen molar-refractivity contribution in [2.24, 2.45) is 0 Å². The van der Waals surface area contributed by atoms with E-state index in [9.17, 15) is 13.2 Å². The summed E-state index contributed by atoms with van der Waals surface area (Å²) in [4.78, 5) is 14.7. The third kappa shape index (κ3) is 5.91. The lowest BCUT2D eigenvalue weighted by Crippen LogP contribution is -2.52. The van der Waals surface area contributed by atoms with Crippen molar-refractivity contribution in [1.82, 2.24) is 9.21 Å². The lowest BCUT2D eigenvalue weighted by Gasteiger charge is -2.35. The van der Waals surface area contributed by atoms with Crippen LogP contribution in [0.1, 0.15) is 6.92 Å². The van der Waals surface area contributed by atoms with Crippen LogP contribution in [0.5, 0.6) is 5.75 Å². The molecule has 0 aliphatic carbocycles. The molecule has 6 nitrogen and oxygen atoms in total. The molecule has 1 saturated heterocycles. The molecule has 30 heavy (non-hydrogen) atoms. The van der Waals surface area contributed by atoms with Gasteiger partial charge in [-0.25, -0.2) is 8.42 Å². The van der Waals surface area contributed by atoms with E-state index >= 15 is 0 Å². The molecule has 0 spiro atoms. The van der Waals surface area contributed by atoms with E-state index in [0.717, 1.165) is 0 Å². The highest BCUT2D eigenvalue weighted by Gasteiger charge is 2.31. The zero-order valence-corrected chi connectivity index (χ0v) is 19.1. The summed E-state index contributed by atoms with van der Waals surface area (Å²) in [5.74, 6) is 1.40. The fourth-order valence-corrected chi connectivity index (χ4v) is 5.61. The van der Waals surface area contributed by atoms with E-state index in [1.54, 1.807) is 47.4 Å². The van der Waals surface area contributed by atoms with Gasteiger partial charge < -0.3 is 9.64 Å². The minimum Gasteiger partial charge on any atom is -0.493 e. The summed E-state index contributed by atoms with van der Waals surface area (Å²) in [5, 5.41) is 0.405. The van der Waals surface area contributed by atoms with Crippen molar-refractivity contribution in [2.75, 3.05) is 38.5 Å². The van der Waals surface area contributed by atoms with Crippen LogP contribution in [0.15, 0.2) is 59.5 Å². The predicted octanol–water partition coefficient (Wildman–Crippen LogP) is 3.37. The van der Waals surface area contributed by atoms with Gasteiger partial charge in [0.1, 0.15) is 5.75 Å². The number of halogens is 1. The highest BCUT2D eigenvalue weighted by atomic mass is 35.5. The van der Waals surface area contributed by atoms with Gasteiger partial charge in [0, 0.05) is 37.0 Å². The number of hydrogen-bond acceptors (Lipinski definition) is 5. The summed E-state index contributed by atoms with van der Waals surface area (Å²) in [6, 6.07) is 15.6. The molecule has 0 radical (unpaired) electrons. The van der Waals surface area contributed by atoms with Crippen LogP contribution in [-0.2, 0) is 14.8 Å². The average Bonchev–Trinajstić information content (AvgIpc) is 2.77. The fraction of sp³-hybridized carbons (Fsp3) is 0.381. The van der Waals surface area contributed by atoms with Crippen molar-refractivity contribution >= 4 is 39.3 Å². The monoisotopic (exact) mass is 468 g/mol. The van der Waals surface area contributed by atoms with E-state index in [1.165, 1.54) is 16.1 Å². The maximum Gasteiger partial charge on any atom is 0.243 e. The van der Waals surface area contributed by atoms with Gasteiger partial charge >= 0.3 is 0 Å². The lowest BCUT2D eigenvalue weighted by molar-refractivity contribution is -0.131. The van der Waals surface area contributed by atoms with Crippen LogP contribution >= 0.6 is 23.4 Å². The van der Waals surface area contributed by atoms with Crippen molar-refractivity contribution in [3.05, 3.63) is 59.6 Å². The Hall–Kier alpha value is -1.74. The first-order valence-corrected chi connectivity index (χ1v) is 12.6. The van der Waals surface area contributed by atoms with E-state index in [2.05, 4.69) is 0 Å². The second kappa shape index (κ2) is 10.5. The third-order valence-electron chi connectivity index (χ3n) is 4.80. The molecule has 2 aromatic rings. The molecule has 0 saturated carbocycles. The second-order valence-electron chi connectivity index (χ2n) is 6.86. The van der Waals surface area contributed by atoms with E-state index in [4.69, 9.17) is 16.3 Å². The molecule has 1 heterocycles. The number of ether oxygens (including phenoxy) is 1. The van der Waals surface area contributed by atoms with Crippen LogP contribution in [-0.4, -0.2) is 67.3 Å². The zero-order chi connectivity index (χ0) is 21.6. The zero-order valence-electron chi connectivity index (χ0n) is 16.7. The van der Waals surface area contributed by atoms with Crippen LogP contribution < -0.4 is 4.74 Å². The molecular formula is C21H25ClN2O4S2. The number of rotatable bonds is 8. The number of hydrogen-bond donors (Lipinski definition) is 0. The number of carbonyl (C=O) groups excluding carboxylic acids is 1. The van der Waals surface area contributed by atoms with Crippen molar-refractivity contribution in [2.45, 2.75) is 17.1 Å². The Kier molecular flexibility index (Phi) is 8.05. The minimum absolute atomic E-state index is 0.0273. The summed E-state index contributed by atoms with van der Waals surface area (Å²) in [5.41, 5.74) is 0. The Morgan fingerprint density at radius 2 is 1.80 bits per heavy atom. The van der Waals surface area contributed by atoms with Crippen molar-refractivity contribution < 1.29 is 17.9 Å². The molecular weight excluding hydrogens is 444 g/mol. The van der Waals surface area contributed by atoms with Gasteiger partial charge in [-0.1, -0.05) is 35.9 Å². The van der Waals surface area contributed by atoms with Gasteiger partial charge in [0.25, 0.3) is 0 Å². The molecule has 9 heteroatoms. The highest BCUT2D eigenvalue weighted by molar-refractivity contribution is 8.00. The van der Waals surface area contributed by atoms with E-state index in [0.29, 0.717) is 49.3 Å². The predicted molar refractivity (Wildman–Crippen MR) is 121 cm³/mol. The van der Waals surface area contributed by atoms with Crippen LogP contribution in [0, 0.1) is 0 Å². The molecule has 1 atom stereocenters. The van der Waals surface area contributed by atoms with Gasteiger partial charge in [0.2, 0.25) is 15.9 Å². The number of thioether (sulfide) groups is 1. The Morgan fingerprint density at radius 3 is 2.47 bits per heavy atom. The van der Waals surface area contributed by atoms with Crippen molar-refractivity contribution in [3.8, 4) is 5.75 Å². The van der Waals surface area contributed by atoms with Crippen LogP contribution in [0.25, 0.3) is 0 Å². The standard InChI is InChI=1S/C21H25ClN2O4S2/c1-17(29-15-14-28-19-7-5-6-18(22)16-19)21(25)23-10-12-24(13-11-23)30(26,27)20-8-3-2-4-9-20/h2-9,16-17H,10-15H2,1H3/t17-/m1/s1. The molecule has 0 aromatic heterocycles. The lowest BCUT2D eigenvalue weighted by atomic mass is 10.3. The smallest absolute Gasteiger partial charge is 0.243 e. The van der Waals surface area contributed by atoms with Gasteiger partial charge in [-0.2, -0.15) is 4.31 Å². The first-order valence-electron chi connectivity index (χ1n) is 9.72. The summed E-state index contributed by atoms with van der Waals surface area (Å²) in [6.45, 7) is 3.76. The van der Waals surface area contributed by atoms with Crippen LogP contribution in [0.4, 0.5) is 0 Å². The van der Waals surface area contributed by atoms with Crippen LogP contribution in [0.2, 0.25) is 5.02 Å². The number of carbonyl (C=O) groups is 1. The molecule has 162 valence electrons. The summed E-state index contributed by atoms with van der Waals surface area (Å²) < 4.78 is 32.5. The number of sulfonamides is 1. The van der Waals surface area contributed by atoms with Gasteiger partial charge in [0.05, 0.1) is 16.8 Å². The topological polar surface area (TPSA) is 66.9 Å². The van der Waals surface area contributed by atoms with E-state index in [-0.39, 0.29) is 16.1 Å². The molecule has 0 bridgehead atoms. The molecule has 1 aliphatic heterocycles. The average molecular weight is 469 g/mol. The normalized spacial score (nSPS) is 16.3. The second-order valence-corrected chi connectivity index (χ2v) is 10.7. The van der Waals surface area contributed by atoms with E-state index < -0.39 is 10.0 Å². The Morgan fingerprint density at radius 1 is 1.10 bits per heavy atom. The first kappa shape index (κ1) is 22.9. The highest BCUT2D eigenvalue weighted by Crippen LogP contribution is 2.21. The van der Waals surface area contributed by atoms with Gasteiger partial charge in [0.15, 0.2) is 0 Å². The van der Waals surface area contributed by atoms with Gasteiger partial charge in [-0.05, 0) is 37.3 Å². The number of piperazine rings is 1. The number of amides is 1. The van der Waals surface area contributed by atoms with Gasteiger partial charge in [-0.15, -0.1) is 11.8 Å². The SMILES string of the molecule is C[C@@H](SCCOc1cccc(Cl)c1)C(=O)N1CCN(S(=O)(=O)c2ccccc2)CC1. The summed E-state index contributed by atoms with van der Waals surface area (Å²) in [6.07, 6.45) is 0. The Bertz CT molecular complexity index is 948.